The lowest BCUT2D eigenvalue weighted by Gasteiger charge is -2.32. The lowest BCUT2D eigenvalue weighted by molar-refractivity contribution is -0.124. The van der Waals surface area contributed by atoms with Crippen LogP contribution in [-0.2, 0) is 4.79 Å². The molecule has 1 amide bonds. The molecule has 1 aliphatic rings. The molecule has 0 radical (unpaired) electrons. The van der Waals surface area contributed by atoms with Crippen LogP contribution in [0.4, 0.5) is 5.95 Å². The van der Waals surface area contributed by atoms with E-state index in [1.54, 1.807) is 0 Å². The summed E-state index contributed by atoms with van der Waals surface area (Å²) >= 11 is 0. The predicted octanol–water partition coefficient (Wildman–Crippen LogP) is 2.55. The maximum atomic E-state index is 11.7. The molecule has 2 heterocycles. The van der Waals surface area contributed by atoms with E-state index in [1.165, 1.54) is 0 Å². The molecule has 0 spiro atoms. The number of benzene rings is 1. The van der Waals surface area contributed by atoms with Crippen molar-refractivity contribution in [1.82, 2.24) is 15.3 Å². The molecule has 5 nitrogen and oxygen atoms in total. The van der Waals surface area contributed by atoms with E-state index in [2.05, 4.69) is 26.3 Å². The van der Waals surface area contributed by atoms with Crippen LogP contribution in [0.5, 0.6) is 0 Å². The van der Waals surface area contributed by atoms with Crippen LogP contribution < -0.4 is 10.2 Å². The van der Waals surface area contributed by atoms with E-state index >= 15 is 0 Å². The molecule has 2 N–H and O–H groups in total. The van der Waals surface area contributed by atoms with Gasteiger partial charge < -0.3 is 15.2 Å². The van der Waals surface area contributed by atoms with Crippen molar-refractivity contribution in [3.63, 3.8) is 0 Å². The third-order valence-electron chi connectivity index (χ3n) is 4.28. The summed E-state index contributed by atoms with van der Waals surface area (Å²) in [6.07, 6.45) is 2.30. The molecule has 3 rings (SSSR count). The largest absolute Gasteiger partial charge is 0.356 e. The van der Waals surface area contributed by atoms with E-state index in [0.29, 0.717) is 5.92 Å². The summed E-state index contributed by atoms with van der Waals surface area (Å²) in [5.74, 6) is 1.63. The number of anilines is 1. The van der Waals surface area contributed by atoms with Crippen LogP contribution in [0.2, 0.25) is 0 Å². The topological polar surface area (TPSA) is 61.0 Å². The van der Waals surface area contributed by atoms with Gasteiger partial charge in [0.05, 0.1) is 11.0 Å². The van der Waals surface area contributed by atoms with E-state index in [0.717, 1.165) is 49.5 Å². The molecule has 2 aromatic rings. The third kappa shape index (κ3) is 3.24. The van der Waals surface area contributed by atoms with E-state index in [-0.39, 0.29) is 11.8 Å². The van der Waals surface area contributed by atoms with Gasteiger partial charge in [-0.2, -0.15) is 0 Å². The molecule has 0 aliphatic carbocycles. The van der Waals surface area contributed by atoms with E-state index < -0.39 is 0 Å². The number of imidazole rings is 1. The van der Waals surface area contributed by atoms with E-state index in [9.17, 15) is 4.79 Å². The zero-order valence-electron chi connectivity index (χ0n) is 13.3. The molecule has 1 aromatic heterocycles. The normalized spacial score (nSPS) is 18.9. The highest BCUT2D eigenvalue weighted by Crippen LogP contribution is 2.23. The number of carbonyl (C=O) groups is 1. The predicted molar refractivity (Wildman–Crippen MR) is 88.9 cm³/mol. The number of rotatable bonds is 4. The summed E-state index contributed by atoms with van der Waals surface area (Å²) in [6.45, 7) is 6.58. The summed E-state index contributed by atoms with van der Waals surface area (Å²) in [7, 11) is 0. The minimum atomic E-state index is 0.0510. The quantitative estimate of drug-likeness (QED) is 0.912. The van der Waals surface area contributed by atoms with E-state index in [4.69, 9.17) is 0 Å². The molecule has 1 unspecified atom stereocenters. The van der Waals surface area contributed by atoms with Crippen molar-refractivity contribution < 1.29 is 4.79 Å². The Labute approximate surface area is 131 Å². The van der Waals surface area contributed by atoms with Gasteiger partial charge in [-0.3, -0.25) is 4.79 Å². The van der Waals surface area contributed by atoms with Crippen molar-refractivity contribution >= 4 is 22.9 Å². The summed E-state index contributed by atoms with van der Waals surface area (Å²) < 4.78 is 0. The lowest BCUT2D eigenvalue weighted by Crippen LogP contribution is -2.42. The summed E-state index contributed by atoms with van der Waals surface area (Å²) in [4.78, 5) is 22.1. The number of nitrogens with one attached hydrogen (secondary N) is 2. The van der Waals surface area contributed by atoms with Crippen LogP contribution in [0, 0.1) is 11.8 Å². The minimum absolute atomic E-state index is 0.0510. The zero-order valence-corrected chi connectivity index (χ0v) is 13.3. The Balaban J connectivity index is 1.64. The molecule has 118 valence electrons. The molecule has 0 bridgehead atoms. The Morgan fingerprint density at radius 2 is 2.27 bits per heavy atom. The number of aromatic amines is 1. The first-order valence-corrected chi connectivity index (χ1v) is 8.11. The fraction of sp³-hybridized carbons (Fsp3) is 0.529. The van der Waals surface area contributed by atoms with Gasteiger partial charge in [0.15, 0.2) is 0 Å². The van der Waals surface area contributed by atoms with Gasteiger partial charge in [-0.05, 0) is 30.9 Å². The highest BCUT2D eigenvalue weighted by molar-refractivity contribution is 5.78. The first-order valence-electron chi connectivity index (χ1n) is 8.11. The number of hydrogen-bond donors (Lipinski definition) is 2. The van der Waals surface area contributed by atoms with Gasteiger partial charge >= 0.3 is 0 Å². The molecule has 1 atom stereocenters. The number of fused-ring (bicyclic) bond motifs is 1. The molecule has 1 fully saturated rings. The van der Waals surface area contributed by atoms with Crippen LogP contribution in [-0.4, -0.2) is 35.5 Å². The van der Waals surface area contributed by atoms with Gasteiger partial charge in [-0.1, -0.05) is 26.0 Å². The SMILES string of the molecule is CC(C)C(=O)NCC1CCCN(c2nc3ccccc3[nH]2)C1. The number of para-hydroxylation sites is 2. The smallest absolute Gasteiger partial charge is 0.222 e. The number of nitrogens with zero attached hydrogens (tertiary/aromatic N) is 2. The number of carbonyl (C=O) groups excluding carboxylic acids is 1. The molecule has 22 heavy (non-hydrogen) atoms. The second kappa shape index (κ2) is 6.38. The van der Waals surface area contributed by atoms with Gasteiger partial charge in [0.25, 0.3) is 0 Å². The monoisotopic (exact) mass is 300 g/mol. The summed E-state index contributed by atoms with van der Waals surface area (Å²) in [6, 6.07) is 8.11. The Hall–Kier alpha value is -2.04. The van der Waals surface area contributed by atoms with E-state index in [1.807, 2.05) is 32.0 Å². The highest BCUT2D eigenvalue weighted by atomic mass is 16.1. The number of aromatic nitrogens is 2. The van der Waals surface area contributed by atoms with Crippen molar-refractivity contribution in [2.24, 2.45) is 11.8 Å². The fourth-order valence-corrected chi connectivity index (χ4v) is 2.96. The minimum Gasteiger partial charge on any atom is -0.356 e. The third-order valence-corrected chi connectivity index (χ3v) is 4.28. The zero-order chi connectivity index (χ0) is 15.5. The van der Waals surface area contributed by atoms with Crippen molar-refractivity contribution in [1.29, 1.82) is 0 Å². The molecular weight excluding hydrogens is 276 g/mol. The Bertz CT molecular complexity index is 616. The van der Waals surface area contributed by atoms with Crippen molar-refractivity contribution in [3.05, 3.63) is 24.3 Å². The van der Waals surface area contributed by atoms with Crippen molar-refractivity contribution in [3.8, 4) is 0 Å². The summed E-state index contributed by atoms with van der Waals surface area (Å²) in [5, 5.41) is 3.05. The summed E-state index contributed by atoms with van der Waals surface area (Å²) in [5.41, 5.74) is 2.08. The van der Waals surface area contributed by atoms with Crippen LogP contribution in [0.15, 0.2) is 24.3 Å². The molecule has 1 saturated heterocycles. The lowest BCUT2D eigenvalue weighted by atomic mass is 9.98. The van der Waals surface area contributed by atoms with Crippen molar-refractivity contribution in [2.75, 3.05) is 24.5 Å². The Morgan fingerprint density at radius 1 is 1.45 bits per heavy atom. The van der Waals surface area contributed by atoms with Gasteiger partial charge in [-0.25, -0.2) is 4.98 Å². The molecule has 0 saturated carbocycles. The second-order valence-electron chi connectivity index (χ2n) is 6.43. The maximum absolute atomic E-state index is 11.7. The second-order valence-corrected chi connectivity index (χ2v) is 6.43. The first-order chi connectivity index (χ1) is 10.6. The molecular formula is C17H24N4O. The highest BCUT2D eigenvalue weighted by Gasteiger charge is 2.22. The average Bonchev–Trinajstić information content (AvgIpc) is 2.97. The maximum Gasteiger partial charge on any atom is 0.222 e. The van der Waals surface area contributed by atoms with Gasteiger partial charge in [0.2, 0.25) is 11.9 Å². The first kappa shape index (κ1) is 14.9. The number of piperidine rings is 1. The average molecular weight is 300 g/mol. The van der Waals surface area contributed by atoms with Crippen LogP contribution in [0.3, 0.4) is 0 Å². The van der Waals surface area contributed by atoms with Crippen LogP contribution in [0.25, 0.3) is 11.0 Å². The molecule has 5 heteroatoms. The number of hydrogen-bond acceptors (Lipinski definition) is 3. The van der Waals surface area contributed by atoms with Crippen molar-refractivity contribution in [2.45, 2.75) is 26.7 Å². The van der Waals surface area contributed by atoms with Gasteiger partial charge in [-0.15, -0.1) is 0 Å². The Morgan fingerprint density at radius 3 is 3.05 bits per heavy atom. The molecule has 1 aromatic carbocycles. The van der Waals surface area contributed by atoms with Gasteiger partial charge in [0.1, 0.15) is 0 Å². The number of H-pyrrole nitrogens is 1. The van der Waals surface area contributed by atoms with Crippen LogP contribution in [0.1, 0.15) is 26.7 Å². The number of amides is 1. The van der Waals surface area contributed by atoms with Crippen LogP contribution >= 0.6 is 0 Å². The Kier molecular flexibility index (Phi) is 4.32. The molecule has 1 aliphatic heterocycles. The fourth-order valence-electron chi connectivity index (χ4n) is 2.96. The standard InChI is InChI=1S/C17H24N4O/c1-12(2)16(22)18-10-13-6-5-9-21(11-13)17-19-14-7-3-4-8-15(14)20-17/h3-4,7-8,12-13H,5-6,9-11H2,1-2H3,(H,18,22)(H,19,20). The van der Waals surface area contributed by atoms with Gasteiger partial charge in [0, 0.05) is 25.6 Å².